The molecule has 5 aromatic rings. The van der Waals surface area contributed by atoms with Crippen LogP contribution in [0.5, 0.6) is 0 Å². The lowest BCUT2D eigenvalue weighted by atomic mass is 9.97. The van der Waals surface area contributed by atoms with Crippen molar-refractivity contribution in [2.45, 2.75) is 192 Å². The van der Waals surface area contributed by atoms with Crippen molar-refractivity contribution in [1.29, 1.82) is 0 Å². The number of nitrogens with one attached hydrogen (secondary N) is 16. The number of aromatic amines is 3. The first-order valence-corrected chi connectivity index (χ1v) is 37.8. The molecule has 3 heterocycles. The average Bonchev–Trinajstić information content (AvgIpc) is 1.68. The zero-order valence-corrected chi connectivity index (χ0v) is 65.9. The van der Waals surface area contributed by atoms with Crippen molar-refractivity contribution >= 4 is 148 Å². The van der Waals surface area contributed by atoms with E-state index in [1.165, 1.54) is 32.6 Å². The Morgan fingerprint density at radius 2 is 1.03 bits per heavy atom. The van der Waals surface area contributed by atoms with Crippen LogP contribution in [0.1, 0.15) is 109 Å². The number of benzene rings is 2. The van der Waals surface area contributed by atoms with Crippen LogP contribution in [0.3, 0.4) is 0 Å². The van der Waals surface area contributed by atoms with Crippen LogP contribution in [0.25, 0.3) is 21.8 Å². The lowest BCUT2D eigenvalue weighted by Crippen LogP contribution is -2.61. The van der Waals surface area contributed by atoms with E-state index in [1.54, 1.807) is 83.3 Å². The largest absolute Gasteiger partial charge is 0.481 e. The van der Waals surface area contributed by atoms with E-state index >= 15 is 0 Å². The van der Waals surface area contributed by atoms with Gasteiger partial charge >= 0.3 is 11.9 Å². The third kappa shape index (κ3) is 29.0. The van der Waals surface area contributed by atoms with Crippen LogP contribution in [-0.4, -0.2) is 239 Å². The molecule has 2 aromatic carbocycles. The lowest BCUT2D eigenvalue weighted by molar-refractivity contribution is -0.145. The molecule has 0 aliphatic rings. The molecule has 0 aliphatic carbocycles. The highest BCUT2D eigenvalue weighted by molar-refractivity contribution is 7.80. The number of carbonyl (C=O) groups excluding carboxylic acids is 14. The van der Waals surface area contributed by atoms with Crippen LogP contribution in [0, 0.1) is 18.8 Å². The van der Waals surface area contributed by atoms with Gasteiger partial charge in [-0.15, -0.1) is 0 Å². The highest BCUT2D eigenvalue weighted by Crippen LogP contribution is 2.23. The number of para-hydroxylation sites is 1. The number of imidazole rings is 1. The summed E-state index contributed by atoms with van der Waals surface area (Å²) < 4.78 is 0. The molecule has 3 aromatic heterocycles. The Hall–Kier alpha value is -11.8. The number of nitrogens with zero attached hydrogens (tertiary/aromatic N) is 2. The number of aliphatic carboxylic acids is 2. The third-order valence-electron chi connectivity index (χ3n) is 18.2. The highest BCUT2D eigenvalue weighted by atomic mass is 32.1. The van der Waals surface area contributed by atoms with E-state index in [4.69, 9.17) is 17.2 Å². The number of amides is 14. The number of rotatable bonds is 47. The van der Waals surface area contributed by atoms with Gasteiger partial charge in [-0.2, -0.15) is 25.3 Å². The summed E-state index contributed by atoms with van der Waals surface area (Å²) in [6.45, 7) is 11.1. The first-order chi connectivity index (χ1) is 53.8. The number of thiol groups is 2. The molecule has 0 saturated heterocycles. The predicted molar refractivity (Wildman–Crippen MR) is 420 cm³/mol. The molecule has 5 rings (SSSR count). The van der Waals surface area contributed by atoms with E-state index in [-0.39, 0.29) is 67.7 Å². The molecule has 14 atom stereocenters. The number of aliphatic imine (C=N–C) groups is 1. The Balaban J connectivity index is 1.38. The number of aromatic nitrogens is 4. The van der Waals surface area contributed by atoms with Gasteiger partial charge in [0.1, 0.15) is 66.5 Å². The maximum atomic E-state index is 14.9. The van der Waals surface area contributed by atoms with Gasteiger partial charge in [-0.1, -0.05) is 63.9 Å². The first-order valence-electron chi connectivity index (χ1n) is 36.5. The van der Waals surface area contributed by atoms with Crippen molar-refractivity contribution in [2.24, 2.45) is 34.0 Å². The number of carboxylic acids is 2. The van der Waals surface area contributed by atoms with E-state index < -0.39 is 205 Å². The molecule has 0 fully saturated rings. The molecule has 42 heteroatoms. The lowest BCUT2D eigenvalue weighted by Gasteiger charge is -2.29. The summed E-state index contributed by atoms with van der Waals surface area (Å²) in [6.07, 6.45) is 1.30. The molecule has 0 radical (unpaired) electrons. The Morgan fingerprint density at radius 3 is 1.57 bits per heavy atom. The number of fused-ring (bicyclic) bond motifs is 2. The molecule has 25 N–H and O–H groups in total. The van der Waals surface area contributed by atoms with Crippen LogP contribution in [-0.2, 0) is 96.0 Å². The summed E-state index contributed by atoms with van der Waals surface area (Å²) in [5, 5.41) is 63.0. The number of primary amides is 1. The number of hydrogen-bond donors (Lipinski definition) is 24. The van der Waals surface area contributed by atoms with Gasteiger partial charge in [0.2, 0.25) is 82.7 Å². The summed E-state index contributed by atoms with van der Waals surface area (Å²) in [5.41, 5.74) is 19.7. The maximum Gasteiger partial charge on any atom is 0.328 e. The molecular formula is C72H103N21O19S2. The average molecular weight is 1630 g/mol. The van der Waals surface area contributed by atoms with Gasteiger partial charge in [0.05, 0.1) is 31.1 Å². The van der Waals surface area contributed by atoms with Crippen molar-refractivity contribution in [3.63, 3.8) is 0 Å². The normalized spacial score (nSPS) is 14.9. The van der Waals surface area contributed by atoms with Gasteiger partial charge in [-0.25, -0.2) is 9.78 Å². The summed E-state index contributed by atoms with van der Waals surface area (Å²) in [4.78, 5) is 235. The minimum absolute atomic E-state index is 0.0387. The molecule has 0 bridgehead atoms. The molecule has 14 amide bonds. The summed E-state index contributed by atoms with van der Waals surface area (Å²) in [5.74, 6) is -18.8. The Bertz CT molecular complexity index is 4280. The Labute approximate surface area is 665 Å². The number of aliphatic hydroxyl groups excluding tert-OH is 1. The number of carboxylic acid groups (broad SMARTS) is 2. The molecule has 622 valence electrons. The van der Waals surface area contributed by atoms with Crippen LogP contribution < -0.4 is 86.3 Å². The monoisotopic (exact) mass is 1630 g/mol. The number of guanidine groups is 1. The van der Waals surface area contributed by atoms with Gasteiger partial charge in [0.15, 0.2) is 12.0 Å². The number of nitrogens with two attached hydrogens (primary N) is 3. The van der Waals surface area contributed by atoms with Crippen molar-refractivity contribution in [3.05, 3.63) is 89.8 Å². The van der Waals surface area contributed by atoms with Crippen molar-refractivity contribution in [1.82, 2.24) is 89.1 Å². The summed E-state index contributed by atoms with van der Waals surface area (Å²) in [6, 6.07) is -6.54. The molecule has 0 spiro atoms. The summed E-state index contributed by atoms with van der Waals surface area (Å²) >= 11 is 8.40. The molecule has 0 unspecified atom stereocenters. The van der Waals surface area contributed by atoms with Gasteiger partial charge in [0, 0.05) is 91.1 Å². The van der Waals surface area contributed by atoms with E-state index in [0.717, 1.165) is 12.5 Å². The fraction of sp³-hybridized carbons (Fsp3) is 0.500. The van der Waals surface area contributed by atoms with Crippen molar-refractivity contribution in [3.8, 4) is 0 Å². The van der Waals surface area contributed by atoms with Gasteiger partial charge in [-0.3, -0.25) is 76.9 Å². The number of aryl methyl sites for hydroxylation is 1. The van der Waals surface area contributed by atoms with Crippen LogP contribution in [0.2, 0.25) is 0 Å². The second-order valence-electron chi connectivity index (χ2n) is 27.7. The van der Waals surface area contributed by atoms with Crippen LogP contribution in [0.15, 0.2) is 72.4 Å². The molecular weight excluding hydrogens is 1530 g/mol. The van der Waals surface area contributed by atoms with E-state index in [0.29, 0.717) is 39.4 Å². The van der Waals surface area contributed by atoms with Gasteiger partial charge in [-0.05, 0) is 81.2 Å². The fourth-order valence-corrected chi connectivity index (χ4v) is 12.2. The number of H-pyrrole nitrogens is 3. The first kappa shape index (κ1) is 92.8. The van der Waals surface area contributed by atoms with Crippen molar-refractivity contribution < 1.29 is 92.0 Å². The second kappa shape index (κ2) is 45.0. The maximum absolute atomic E-state index is 14.9. The molecule has 0 aliphatic heterocycles. The quantitative estimate of drug-likeness (QED) is 0.00755. The number of carbonyl (C=O) groups is 16. The smallest absolute Gasteiger partial charge is 0.328 e. The Morgan fingerprint density at radius 1 is 0.535 bits per heavy atom. The van der Waals surface area contributed by atoms with Crippen LogP contribution in [0.4, 0.5) is 0 Å². The number of hydrogen-bond acceptors (Lipinski definition) is 21. The third-order valence-corrected chi connectivity index (χ3v) is 18.9. The van der Waals surface area contributed by atoms with Gasteiger partial charge in [0.25, 0.3) is 0 Å². The van der Waals surface area contributed by atoms with Crippen molar-refractivity contribution in [2.75, 3.05) is 24.6 Å². The highest BCUT2D eigenvalue weighted by Gasteiger charge is 2.39. The van der Waals surface area contributed by atoms with Crippen LogP contribution >= 0.6 is 25.3 Å². The Kier molecular flexibility index (Phi) is 36.6. The molecule has 0 saturated carbocycles. The van der Waals surface area contributed by atoms with E-state index in [2.05, 4.69) is 119 Å². The molecule has 114 heavy (non-hydrogen) atoms. The standard InChI is InChI=1S/C72H103N21O19S2/c1-9-35(5)58(83-38(8)95)70(110)91-53(31-114)67(107)92-57(33(2)3)69(109)89-49(22-39-26-78-44-14-11-10-13-42(39)44)64(104)85-47(18-19-54(73)96)63(103)88-51(25-56(98)99)66(106)87-48(23-40-27-79-45-17-16-34(4)21-43(40)45)61(101)80-29-55(97)82-36(6)60(100)86-50(24-41-28-76-32-81-41)65(105)84-46(15-12-20-77-72(74)75)62(102)90-52(30-113)68(108)93-59(37(7)94)71(111)112/h10-11,13-14,16-17,21,26-28,32-33,35-37,46-53,57-59,78-79,94,113-114H,9,12,15,18-20,22-25,29-31H2,1-8H3,(H2,73,96)(H,76,81)(H,80,101)(H,82,97)(H,83,95)(H,84,105)(H,85,104)(H,86,100)(H,87,106)(H,88,103)(H,89,109)(H,90,102)(H,91,110)(H,92,107)(H,93,108)(H,98,99)(H,111,112)(H4,74,75,77)/t35-,36-,37+,46-,47-,48-,49-,50-,51-,52-,53-,57-,58-,59-/m0/s1. The minimum atomic E-state index is -2.07. The second-order valence-corrected chi connectivity index (χ2v) is 28.4. The predicted octanol–water partition coefficient (Wildman–Crippen LogP) is -4.50. The zero-order valence-electron chi connectivity index (χ0n) is 64.1. The summed E-state index contributed by atoms with van der Waals surface area (Å²) in [7, 11) is 0. The minimum Gasteiger partial charge on any atom is -0.481 e. The van der Waals surface area contributed by atoms with E-state index in [1.807, 2.05) is 0 Å². The van der Waals surface area contributed by atoms with E-state index in [9.17, 15) is 92.0 Å². The topological polar surface area (TPSA) is 641 Å². The fourth-order valence-electron chi connectivity index (χ4n) is 11.7. The van der Waals surface area contributed by atoms with Gasteiger partial charge < -0.3 is 117 Å². The SMILES string of the molecule is CC[C@H](C)[C@H](NC(C)=O)C(=O)N[C@@H](CS)C(=O)N[C@H](C(=O)N[C@@H](Cc1c[nH]c2ccccc12)C(=O)N[C@@H](CCC(N)=O)C(=O)N[C@@H](CC(=O)O)C(=O)N[C@@H](Cc1c[nH]c2ccc(C)cc12)C(=O)NCC(=O)N[C@@H](C)C(=O)N[C@@H](Cc1c[nH]cn1)C(=O)N[C@@H](CCCN=C(N)N)C(=O)N[C@@H](CS)C(=O)N[C@H](C(=O)O)[C@@H](C)O)C(C)C. The molecule has 40 nitrogen and oxygen atoms in total. The zero-order chi connectivity index (χ0) is 84.8. The number of aliphatic hydroxyl groups is 1.